The fourth-order valence-corrected chi connectivity index (χ4v) is 3.36. The molecule has 2 N–H and O–H groups in total. The molecule has 0 radical (unpaired) electrons. The average Bonchev–Trinajstić information content (AvgIpc) is 2.42. The smallest absolute Gasteiger partial charge is 0.137 e. The largest absolute Gasteiger partial charge is 0.495 e. The lowest BCUT2D eigenvalue weighted by Gasteiger charge is -2.18. The van der Waals surface area contributed by atoms with Crippen LogP contribution in [0.5, 0.6) is 5.75 Å². The van der Waals surface area contributed by atoms with Gasteiger partial charge in [0, 0.05) is 27.2 Å². The lowest BCUT2D eigenvalue weighted by molar-refractivity contribution is 0.402. The second kappa shape index (κ2) is 6.97. The Hall–Kier alpha value is -0.810. The number of nitrogens with two attached hydrogens (primary N) is 1. The van der Waals surface area contributed by atoms with E-state index in [2.05, 4.69) is 15.9 Å². The molecule has 6 heteroatoms. The van der Waals surface area contributed by atoms with Crippen molar-refractivity contribution in [2.75, 3.05) is 7.11 Å². The minimum absolute atomic E-state index is 0.245. The number of rotatable bonds is 4. The summed E-state index contributed by atoms with van der Waals surface area (Å²) in [6, 6.07) is 7.49. The Bertz CT molecular complexity index is 646. The molecule has 2 rings (SSSR count). The maximum Gasteiger partial charge on any atom is 0.137 e. The van der Waals surface area contributed by atoms with Crippen molar-refractivity contribution in [1.29, 1.82) is 0 Å². The molecule has 0 aliphatic rings. The van der Waals surface area contributed by atoms with E-state index in [4.69, 9.17) is 33.7 Å². The topological polar surface area (TPSA) is 35.2 Å². The van der Waals surface area contributed by atoms with Gasteiger partial charge in [-0.05, 0) is 46.6 Å². The van der Waals surface area contributed by atoms with Crippen molar-refractivity contribution in [2.24, 2.45) is 5.73 Å². The Labute approximate surface area is 141 Å². The molecule has 0 aliphatic heterocycles. The lowest BCUT2D eigenvalue weighted by atomic mass is 9.98. The summed E-state index contributed by atoms with van der Waals surface area (Å²) < 4.78 is 19.9. The van der Waals surface area contributed by atoms with Crippen LogP contribution in [0.25, 0.3) is 0 Å². The standard InChI is InChI=1S/C15H13BrCl2FNO/c1-21-15-10(5-8(17)6-11(15)16)14(20)7-9-12(18)3-2-4-13(9)19/h2-6,14H,7,20H2,1H3. The Balaban J connectivity index is 2.39. The van der Waals surface area contributed by atoms with Gasteiger partial charge in [-0.2, -0.15) is 0 Å². The third kappa shape index (κ3) is 3.69. The first-order valence-corrected chi connectivity index (χ1v) is 7.70. The van der Waals surface area contributed by atoms with Gasteiger partial charge in [-0.1, -0.05) is 29.3 Å². The highest BCUT2D eigenvalue weighted by atomic mass is 79.9. The maximum atomic E-state index is 13.9. The van der Waals surface area contributed by atoms with Crippen LogP contribution >= 0.6 is 39.1 Å². The summed E-state index contributed by atoms with van der Waals surface area (Å²) in [6.07, 6.45) is 0.245. The summed E-state index contributed by atoms with van der Waals surface area (Å²) in [4.78, 5) is 0. The molecule has 0 heterocycles. The predicted octanol–water partition coefficient (Wildman–Crippen LogP) is 5.15. The number of methoxy groups -OCH3 is 1. The molecule has 21 heavy (non-hydrogen) atoms. The van der Waals surface area contributed by atoms with Crippen LogP contribution < -0.4 is 10.5 Å². The Morgan fingerprint density at radius 3 is 2.67 bits per heavy atom. The number of benzene rings is 2. The van der Waals surface area contributed by atoms with E-state index in [-0.39, 0.29) is 12.2 Å². The van der Waals surface area contributed by atoms with E-state index in [1.165, 1.54) is 6.07 Å². The number of halogens is 4. The molecular formula is C15H13BrCl2FNO. The fraction of sp³-hybridized carbons (Fsp3) is 0.200. The maximum absolute atomic E-state index is 13.9. The van der Waals surface area contributed by atoms with Crippen LogP contribution in [0.4, 0.5) is 4.39 Å². The third-order valence-electron chi connectivity index (χ3n) is 3.13. The summed E-state index contributed by atoms with van der Waals surface area (Å²) in [5.41, 5.74) is 7.26. The fourth-order valence-electron chi connectivity index (χ4n) is 2.13. The molecule has 0 aromatic heterocycles. The Morgan fingerprint density at radius 2 is 2.05 bits per heavy atom. The number of hydrogen-bond acceptors (Lipinski definition) is 2. The molecule has 0 aliphatic carbocycles. The second-order valence-corrected chi connectivity index (χ2v) is 6.22. The van der Waals surface area contributed by atoms with Crippen molar-refractivity contribution < 1.29 is 9.13 Å². The summed E-state index contributed by atoms with van der Waals surface area (Å²) in [5, 5.41) is 0.873. The molecule has 0 saturated heterocycles. The van der Waals surface area contributed by atoms with Crippen LogP contribution in [0.3, 0.4) is 0 Å². The van der Waals surface area contributed by atoms with E-state index in [0.717, 1.165) is 0 Å². The second-order valence-electron chi connectivity index (χ2n) is 4.52. The first-order chi connectivity index (χ1) is 9.93. The molecule has 112 valence electrons. The van der Waals surface area contributed by atoms with Gasteiger partial charge >= 0.3 is 0 Å². The first kappa shape index (κ1) is 16.6. The highest BCUT2D eigenvalue weighted by Crippen LogP contribution is 2.37. The molecule has 0 amide bonds. The normalized spacial score (nSPS) is 12.3. The molecule has 1 unspecified atom stereocenters. The van der Waals surface area contributed by atoms with Gasteiger partial charge in [0.25, 0.3) is 0 Å². The van der Waals surface area contributed by atoms with Gasteiger partial charge < -0.3 is 10.5 Å². The van der Waals surface area contributed by atoms with E-state index in [1.54, 1.807) is 31.4 Å². The van der Waals surface area contributed by atoms with Crippen molar-refractivity contribution in [2.45, 2.75) is 12.5 Å². The van der Waals surface area contributed by atoms with Crippen molar-refractivity contribution in [1.82, 2.24) is 0 Å². The third-order valence-corrected chi connectivity index (χ3v) is 4.29. The summed E-state index contributed by atoms with van der Waals surface area (Å²) in [6.45, 7) is 0. The van der Waals surface area contributed by atoms with Crippen molar-refractivity contribution in [3.05, 3.63) is 61.8 Å². The van der Waals surface area contributed by atoms with Gasteiger partial charge in [0.1, 0.15) is 11.6 Å². The van der Waals surface area contributed by atoms with Gasteiger partial charge in [-0.25, -0.2) is 4.39 Å². The van der Waals surface area contributed by atoms with Crippen molar-refractivity contribution in [3.63, 3.8) is 0 Å². The predicted molar refractivity (Wildman–Crippen MR) is 87.7 cm³/mol. The van der Waals surface area contributed by atoms with Crippen LogP contribution in [0.2, 0.25) is 10.0 Å². The van der Waals surface area contributed by atoms with Gasteiger partial charge in [-0.3, -0.25) is 0 Å². The molecule has 1 atom stereocenters. The number of ether oxygens (including phenoxy) is 1. The molecule has 2 aromatic carbocycles. The van der Waals surface area contributed by atoms with E-state index < -0.39 is 6.04 Å². The van der Waals surface area contributed by atoms with Crippen LogP contribution in [-0.2, 0) is 6.42 Å². The zero-order valence-corrected chi connectivity index (χ0v) is 14.3. The molecule has 0 fully saturated rings. The Kier molecular flexibility index (Phi) is 5.49. The molecule has 2 aromatic rings. The van der Waals surface area contributed by atoms with Crippen LogP contribution in [0.15, 0.2) is 34.8 Å². The van der Waals surface area contributed by atoms with E-state index in [1.807, 2.05) is 0 Å². The molecule has 2 nitrogen and oxygen atoms in total. The highest BCUT2D eigenvalue weighted by molar-refractivity contribution is 9.10. The van der Waals surface area contributed by atoms with E-state index in [0.29, 0.717) is 31.4 Å². The zero-order valence-electron chi connectivity index (χ0n) is 11.2. The zero-order chi connectivity index (χ0) is 15.6. The van der Waals surface area contributed by atoms with Gasteiger partial charge in [0.2, 0.25) is 0 Å². The van der Waals surface area contributed by atoms with Crippen LogP contribution in [-0.4, -0.2) is 7.11 Å². The summed E-state index contributed by atoms with van der Waals surface area (Å²) in [7, 11) is 1.54. The lowest BCUT2D eigenvalue weighted by Crippen LogP contribution is -2.16. The van der Waals surface area contributed by atoms with Crippen molar-refractivity contribution >= 4 is 39.1 Å². The van der Waals surface area contributed by atoms with Gasteiger partial charge in [0.05, 0.1) is 11.6 Å². The minimum atomic E-state index is -0.496. The van der Waals surface area contributed by atoms with Crippen LogP contribution in [0, 0.1) is 5.82 Å². The monoisotopic (exact) mass is 391 g/mol. The van der Waals surface area contributed by atoms with Crippen LogP contribution in [0.1, 0.15) is 17.2 Å². The van der Waals surface area contributed by atoms with E-state index in [9.17, 15) is 4.39 Å². The SMILES string of the molecule is COc1c(Br)cc(Cl)cc1C(N)Cc1c(F)cccc1Cl. The van der Waals surface area contributed by atoms with E-state index >= 15 is 0 Å². The molecule has 0 bridgehead atoms. The summed E-state index contributed by atoms with van der Waals surface area (Å²) >= 11 is 15.5. The molecule has 0 saturated carbocycles. The number of hydrogen-bond donors (Lipinski definition) is 1. The van der Waals surface area contributed by atoms with Gasteiger partial charge in [-0.15, -0.1) is 0 Å². The quantitative estimate of drug-likeness (QED) is 0.781. The first-order valence-electron chi connectivity index (χ1n) is 6.15. The van der Waals surface area contributed by atoms with Gasteiger partial charge in [0.15, 0.2) is 0 Å². The highest BCUT2D eigenvalue weighted by Gasteiger charge is 2.19. The van der Waals surface area contributed by atoms with Crippen molar-refractivity contribution in [3.8, 4) is 5.75 Å². The molecule has 0 spiro atoms. The minimum Gasteiger partial charge on any atom is -0.495 e. The molecular weight excluding hydrogens is 380 g/mol. The average molecular weight is 393 g/mol. The Morgan fingerprint density at radius 1 is 1.33 bits per heavy atom. The summed E-state index contributed by atoms with van der Waals surface area (Å²) in [5.74, 6) is 0.206.